The highest BCUT2D eigenvalue weighted by Gasteiger charge is 2.32. The van der Waals surface area contributed by atoms with Crippen LogP contribution in [0.2, 0.25) is 5.02 Å². The molecule has 1 N–H and O–H groups in total. The van der Waals surface area contributed by atoms with Crippen molar-refractivity contribution in [1.82, 2.24) is 15.2 Å². The zero-order valence-electron chi connectivity index (χ0n) is 14.4. The summed E-state index contributed by atoms with van der Waals surface area (Å²) in [7, 11) is 0. The number of halogens is 1. The quantitative estimate of drug-likeness (QED) is 0.867. The summed E-state index contributed by atoms with van der Waals surface area (Å²) in [5.41, 5.74) is 1.40. The summed E-state index contributed by atoms with van der Waals surface area (Å²) in [5.74, 6) is -0.182. The second-order valence-electron chi connectivity index (χ2n) is 6.86. The fourth-order valence-corrected chi connectivity index (χ4v) is 3.79. The topological polar surface area (TPSA) is 78.7 Å². The largest absolute Gasteiger partial charge is 0.423 e. The third-order valence-electron chi connectivity index (χ3n) is 4.95. The molecule has 1 atom stereocenters. The molecule has 7 nitrogen and oxygen atoms in total. The van der Waals surface area contributed by atoms with Gasteiger partial charge in [0.25, 0.3) is 6.01 Å². The maximum atomic E-state index is 12.9. The van der Waals surface area contributed by atoms with E-state index in [9.17, 15) is 9.59 Å². The summed E-state index contributed by atoms with van der Waals surface area (Å²) < 4.78 is 5.84. The molecule has 1 aromatic carbocycles. The van der Waals surface area contributed by atoms with Crippen LogP contribution in [0.4, 0.5) is 6.01 Å². The van der Waals surface area contributed by atoms with Gasteiger partial charge in [0, 0.05) is 31.2 Å². The summed E-state index contributed by atoms with van der Waals surface area (Å²) in [6, 6.07) is 5.86. The highest BCUT2D eigenvalue weighted by atomic mass is 35.5. The number of fused-ring (bicyclic) bond motifs is 1. The zero-order chi connectivity index (χ0) is 18.1. The molecule has 0 saturated carbocycles. The third kappa shape index (κ3) is 3.49. The fourth-order valence-electron chi connectivity index (χ4n) is 3.63. The van der Waals surface area contributed by atoms with Crippen molar-refractivity contribution in [3.63, 3.8) is 0 Å². The molecule has 2 aromatic rings. The van der Waals surface area contributed by atoms with Gasteiger partial charge in [-0.2, -0.15) is 4.98 Å². The second kappa shape index (κ2) is 7.15. The first-order valence-corrected chi connectivity index (χ1v) is 9.34. The molecule has 1 aromatic heterocycles. The number of benzene rings is 1. The Morgan fingerprint density at radius 3 is 3.08 bits per heavy atom. The number of carbonyl (C=O) groups excluding carboxylic acids is 2. The molecule has 8 heteroatoms. The van der Waals surface area contributed by atoms with Crippen LogP contribution in [-0.2, 0) is 9.59 Å². The Balaban J connectivity index is 1.49. The van der Waals surface area contributed by atoms with Gasteiger partial charge in [0.1, 0.15) is 5.52 Å². The second-order valence-corrected chi connectivity index (χ2v) is 7.29. The molecule has 0 radical (unpaired) electrons. The van der Waals surface area contributed by atoms with Crippen LogP contribution in [-0.4, -0.2) is 54.4 Å². The Kier molecular flexibility index (Phi) is 4.72. The van der Waals surface area contributed by atoms with Gasteiger partial charge in [-0.15, -0.1) is 0 Å². The van der Waals surface area contributed by atoms with Gasteiger partial charge in [0.05, 0.1) is 12.5 Å². The molecule has 2 aliphatic heterocycles. The summed E-state index contributed by atoms with van der Waals surface area (Å²) in [4.78, 5) is 32.8. The first-order chi connectivity index (χ1) is 12.6. The minimum Gasteiger partial charge on any atom is -0.423 e. The van der Waals surface area contributed by atoms with Crippen molar-refractivity contribution >= 4 is 40.5 Å². The van der Waals surface area contributed by atoms with Gasteiger partial charge in [0.2, 0.25) is 11.8 Å². The van der Waals surface area contributed by atoms with Crippen molar-refractivity contribution in [3.05, 3.63) is 23.2 Å². The van der Waals surface area contributed by atoms with Gasteiger partial charge in [-0.05, 0) is 37.5 Å². The van der Waals surface area contributed by atoms with E-state index in [0.29, 0.717) is 41.8 Å². The van der Waals surface area contributed by atoms with E-state index in [1.807, 2.05) is 4.90 Å². The predicted molar refractivity (Wildman–Crippen MR) is 98.2 cm³/mol. The fraction of sp³-hybridized carbons (Fsp3) is 0.500. The highest BCUT2D eigenvalue weighted by Crippen LogP contribution is 2.28. The standard InChI is InChI=1S/C18H21ClN4O3/c19-13-4-5-15-14(9-13)21-18(26-15)23-7-1-3-12(10-23)17(25)22-8-2-6-20-16(24)11-22/h4-5,9,12H,1-3,6-8,10-11H2,(H,20,24). The maximum absolute atomic E-state index is 12.9. The van der Waals surface area contributed by atoms with Crippen molar-refractivity contribution in [1.29, 1.82) is 0 Å². The number of hydrogen-bond donors (Lipinski definition) is 1. The first-order valence-electron chi connectivity index (χ1n) is 8.97. The number of anilines is 1. The summed E-state index contributed by atoms with van der Waals surface area (Å²) in [6.45, 7) is 2.75. The lowest BCUT2D eigenvalue weighted by Gasteiger charge is -2.33. The van der Waals surface area contributed by atoms with Crippen molar-refractivity contribution in [3.8, 4) is 0 Å². The predicted octanol–water partition coefficient (Wildman–Crippen LogP) is 2.05. The van der Waals surface area contributed by atoms with E-state index in [1.54, 1.807) is 23.1 Å². The van der Waals surface area contributed by atoms with Crippen LogP contribution in [0, 0.1) is 5.92 Å². The molecule has 0 bridgehead atoms. The number of rotatable bonds is 2. The molecule has 1 unspecified atom stereocenters. The number of amides is 2. The van der Waals surface area contributed by atoms with E-state index >= 15 is 0 Å². The monoisotopic (exact) mass is 376 g/mol. The van der Waals surface area contributed by atoms with Crippen molar-refractivity contribution in [2.24, 2.45) is 5.92 Å². The molecular weight excluding hydrogens is 356 g/mol. The van der Waals surface area contributed by atoms with E-state index in [2.05, 4.69) is 10.3 Å². The summed E-state index contributed by atoms with van der Waals surface area (Å²) in [5, 5.41) is 3.42. The Hall–Kier alpha value is -2.28. The van der Waals surface area contributed by atoms with Crippen LogP contribution in [0.5, 0.6) is 0 Å². The molecule has 2 saturated heterocycles. The van der Waals surface area contributed by atoms with Crippen LogP contribution in [0.3, 0.4) is 0 Å². The van der Waals surface area contributed by atoms with E-state index < -0.39 is 0 Å². The minimum atomic E-state index is -0.145. The maximum Gasteiger partial charge on any atom is 0.298 e. The molecule has 0 spiro atoms. The Bertz CT molecular complexity index is 837. The van der Waals surface area contributed by atoms with Gasteiger partial charge in [-0.3, -0.25) is 9.59 Å². The normalized spacial score (nSPS) is 21.6. The number of hydrogen-bond acceptors (Lipinski definition) is 5. The Labute approximate surface area is 156 Å². The van der Waals surface area contributed by atoms with Gasteiger partial charge in [-0.1, -0.05) is 11.6 Å². The molecular formula is C18H21ClN4O3. The van der Waals surface area contributed by atoms with Crippen molar-refractivity contribution in [2.75, 3.05) is 37.6 Å². The van der Waals surface area contributed by atoms with Crippen LogP contribution in [0.1, 0.15) is 19.3 Å². The van der Waals surface area contributed by atoms with Crippen LogP contribution < -0.4 is 10.2 Å². The lowest BCUT2D eigenvalue weighted by molar-refractivity contribution is -0.138. The molecule has 3 heterocycles. The molecule has 26 heavy (non-hydrogen) atoms. The summed E-state index contributed by atoms with van der Waals surface area (Å²) in [6.07, 6.45) is 2.50. The van der Waals surface area contributed by atoms with Crippen molar-refractivity contribution in [2.45, 2.75) is 19.3 Å². The van der Waals surface area contributed by atoms with E-state index in [0.717, 1.165) is 25.8 Å². The lowest BCUT2D eigenvalue weighted by Crippen LogP contribution is -2.46. The number of aromatic nitrogens is 1. The number of oxazole rings is 1. The van der Waals surface area contributed by atoms with Crippen LogP contribution in [0.25, 0.3) is 11.1 Å². The van der Waals surface area contributed by atoms with E-state index in [4.69, 9.17) is 16.0 Å². The molecule has 0 aliphatic carbocycles. The molecule has 138 valence electrons. The van der Waals surface area contributed by atoms with Crippen LogP contribution >= 0.6 is 11.6 Å². The summed E-state index contributed by atoms with van der Waals surface area (Å²) >= 11 is 6.01. The minimum absolute atomic E-state index is 0.0471. The van der Waals surface area contributed by atoms with Gasteiger partial charge in [-0.25, -0.2) is 0 Å². The molecule has 4 rings (SSSR count). The van der Waals surface area contributed by atoms with E-state index in [1.165, 1.54) is 0 Å². The number of piperidine rings is 1. The van der Waals surface area contributed by atoms with Gasteiger partial charge < -0.3 is 19.5 Å². The molecule has 2 amide bonds. The first kappa shape index (κ1) is 17.1. The van der Waals surface area contributed by atoms with Gasteiger partial charge in [0.15, 0.2) is 5.58 Å². The number of carbonyl (C=O) groups is 2. The Morgan fingerprint density at radius 2 is 2.19 bits per heavy atom. The average molecular weight is 377 g/mol. The zero-order valence-corrected chi connectivity index (χ0v) is 15.2. The smallest absolute Gasteiger partial charge is 0.298 e. The van der Waals surface area contributed by atoms with Crippen molar-refractivity contribution < 1.29 is 14.0 Å². The molecule has 2 aliphatic rings. The number of nitrogens with one attached hydrogen (secondary N) is 1. The molecule has 2 fully saturated rings. The SMILES string of the molecule is O=C1CN(C(=O)C2CCCN(c3nc4cc(Cl)ccc4o3)C2)CCCN1. The highest BCUT2D eigenvalue weighted by molar-refractivity contribution is 6.31. The van der Waals surface area contributed by atoms with Gasteiger partial charge >= 0.3 is 0 Å². The van der Waals surface area contributed by atoms with Crippen LogP contribution in [0.15, 0.2) is 22.6 Å². The lowest BCUT2D eigenvalue weighted by atomic mass is 9.96. The van der Waals surface area contributed by atoms with E-state index in [-0.39, 0.29) is 24.3 Å². The third-order valence-corrected chi connectivity index (χ3v) is 5.19. The average Bonchev–Trinajstić information content (AvgIpc) is 2.94. The Morgan fingerprint density at radius 1 is 1.31 bits per heavy atom. The number of nitrogens with zero attached hydrogens (tertiary/aromatic N) is 3.